The first kappa shape index (κ1) is 25.5. The first-order chi connectivity index (χ1) is 19.9. The van der Waals surface area contributed by atoms with Gasteiger partial charge in [0.25, 0.3) is 6.01 Å². The van der Waals surface area contributed by atoms with Crippen LogP contribution < -0.4 is 20.7 Å². The number of rotatable bonds is 7. The van der Waals surface area contributed by atoms with Gasteiger partial charge in [-0.1, -0.05) is 23.7 Å². The first-order valence-electron chi connectivity index (χ1n) is 14.7. The molecule has 2 aromatic heterocycles. The molecular weight excluding hydrogens is 545 g/mol. The normalized spacial score (nSPS) is 23.6. The Balaban J connectivity index is 1.22. The third kappa shape index (κ3) is 4.56. The van der Waals surface area contributed by atoms with Gasteiger partial charge in [-0.25, -0.2) is 4.39 Å². The molecule has 11 heteroatoms. The molecule has 4 fully saturated rings. The molecule has 0 radical (unpaired) electrons. The number of oxazole rings is 1. The highest BCUT2D eigenvalue weighted by molar-refractivity contribution is 6.34. The van der Waals surface area contributed by atoms with Crippen molar-refractivity contribution in [1.29, 1.82) is 0 Å². The smallest absolute Gasteiger partial charge is 0.319 e. The molecule has 4 aliphatic rings. The van der Waals surface area contributed by atoms with E-state index in [0.717, 1.165) is 58.4 Å². The van der Waals surface area contributed by atoms with Crippen LogP contribution in [0.5, 0.6) is 6.01 Å². The molecule has 41 heavy (non-hydrogen) atoms. The van der Waals surface area contributed by atoms with Crippen LogP contribution in [0.3, 0.4) is 0 Å². The van der Waals surface area contributed by atoms with Crippen molar-refractivity contribution in [3.63, 3.8) is 0 Å². The summed E-state index contributed by atoms with van der Waals surface area (Å²) >= 11 is 6.83. The summed E-state index contributed by atoms with van der Waals surface area (Å²) in [7, 11) is 0. The van der Waals surface area contributed by atoms with Crippen LogP contribution in [0.2, 0.25) is 5.02 Å². The SMILES string of the molecule is Nc1nc2c(-c3c(Cl)cc4c(N5C[C@H]6CC[C@@H](C5)N6)nc(OCC5(CN6CCCC6)CC5)nc4c3F)cccc2o1. The number of fused-ring (bicyclic) bond motifs is 4. The number of anilines is 2. The molecule has 0 unspecified atom stereocenters. The highest BCUT2D eigenvalue weighted by atomic mass is 35.5. The number of hydrogen-bond donors (Lipinski definition) is 2. The molecule has 8 rings (SSSR count). The van der Waals surface area contributed by atoms with Crippen LogP contribution in [0.15, 0.2) is 28.7 Å². The van der Waals surface area contributed by atoms with Gasteiger partial charge < -0.3 is 30.0 Å². The summed E-state index contributed by atoms with van der Waals surface area (Å²) in [5, 5.41) is 4.50. The van der Waals surface area contributed by atoms with Gasteiger partial charge in [-0.05, 0) is 63.7 Å². The molecule has 2 atom stereocenters. The van der Waals surface area contributed by atoms with Crippen LogP contribution in [0.4, 0.5) is 16.2 Å². The molecule has 3 saturated heterocycles. The zero-order valence-electron chi connectivity index (χ0n) is 22.8. The van der Waals surface area contributed by atoms with Crippen molar-refractivity contribution in [3.05, 3.63) is 35.1 Å². The van der Waals surface area contributed by atoms with Crippen LogP contribution in [0, 0.1) is 11.2 Å². The molecule has 0 amide bonds. The Bertz CT molecular complexity index is 1640. The van der Waals surface area contributed by atoms with E-state index in [-0.39, 0.29) is 33.5 Å². The van der Waals surface area contributed by atoms with Gasteiger partial charge in [0.05, 0.1) is 11.6 Å². The van der Waals surface area contributed by atoms with E-state index in [1.54, 1.807) is 24.3 Å². The fraction of sp³-hybridized carbons (Fsp3) is 0.500. The fourth-order valence-electron chi connectivity index (χ4n) is 7.01. The Morgan fingerprint density at radius 1 is 1.10 bits per heavy atom. The second-order valence-corrected chi connectivity index (χ2v) is 12.7. The number of nitrogens with one attached hydrogen (secondary N) is 1. The van der Waals surface area contributed by atoms with Crippen molar-refractivity contribution in [2.75, 3.05) is 50.0 Å². The van der Waals surface area contributed by atoms with Crippen molar-refractivity contribution < 1.29 is 13.5 Å². The van der Waals surface area contributed by atoms with Crippen LogP contribution in [0.1, 0.15) is 38.5 Å². The van der Waals surface area contributed by atoms with Gasteiger partial charge in [0.2, 0.25) is 0 Å². The summed E-state index contributed by atoms with van der Waals surface area (Å²) in [5.74, 6) is 0.135. The van der Waals surface area contributed by atoms with Crippen LogP contribution >= 0.6 is 11.6 Å². The highest BCUT2D eigenvalue weighted by Crippen LogP contribution is 2.47. The third-order valence-electron chi connectivity index (χ3n) is 9.29. The van der Waals surface area contributed by atoms with Crippen molar-refractivity contribution in [2.45, 2.75) is 50.6 Å². The van der Waals surface area contributed by atoms with Crippen molar-refractivity contribution in [3.8, 4) is 17.1 Å². The van der Waals surface area contributed by atoms with Gasteiger partial charge in [-0.3, -0.25) is 0 Å². The van der Waals surface area contributed by atoms with Gasteiger partial charge >= 0.3 is 6.01 Å². The largest absolute Gasteiger partial charge is 0.463 e. The summed E-state index contributed by atoms with van der Waals surface area (Å²) in [6, 6.07) is 8.05. The zero-order valence-corrected chi connectivity index (χ0v) is 23.6. The molecule has 1 saturated carbocycles. The number of para-hydroxylation sites is 1. The second kappa shape index (κ2) is 9.68. The number of likely N-dealkylation sites (tertiary alicyclic amines) is 1. The Hall–Kier alpha value is -3.21. The summed E-state index contributed by atoms with van der Waals surface area (Å²) in [5.41, 5.74) is 7.76. The first-order valence-corrected chi connectivity index (χ1v) is 15.0. The van der Waals surface area contributed by atoms with Crippen molar-refractivity contribution in [1.82, 2.24) is 25.2 Å². The van der Waals surface area contributed by atoms with E-state index in [9.17, 15) is 0 Å². The van der Waals surface area contributed by atoms with Gasteiger partial charge in [-0.15, -0.1) is 0 Å². The fourth-order valence-corrected chi connectivity index (χ4v) is 7.30. The maximum atomic E-state index is 16.6. The molecule has 5 heterocycles. The van der Waals surface area contributed by atoms with Gasteiger partial charge in [0.15, 0.2) is 11.4 Å². The number of ether oxygens (including phenoxy) is 1. The molecule has 3 N–H and O–H groups in total. The van der Waals surface area contributed by atoms with E-state index >= 15 is 4.39 Å². The predicted molar refractivity (Wildman–Crippen MR) is 157 cm³/mol. The molecule has 0 spiro atoms. The standard InChI is InChI=1S/C30H33ClFN7O2/c31-21-12-20-26(24(32)23(21)19-4-3-5-22-25(19)35-28(33)41-22)36-29(37-27(20)39-13-17-6-7-18(14-39)34-17)40-16-30(8-9-30)15-38-10-1-2-11-38/h3-5,12,17-18,34H,1-2,6-11,13-16H2,(H2,33,35)/t17-,18+. The molecule has 1 aliphatic carbocycles. The van der Waals surface area contributed by atoms with Crippen molar-refractivity contribution >= 4 is 45.4 Å². The van der Waals surface area contributed by atoms with Crippen molar-refractivity contribution in [2.24, 2.45) is 5.41 Å². The lowest BCUT2D eigenvalue weighted by Crippen LogP contribution is -2.51. The van der Waals surface area contributed by atoms with Crippen LogP contribution in [-0.2, 0) is 0 Å². The summed E-state index contributed by atoms with van der Waals surface area (Å²) in [4.78, 5) is 18.6. The van der Waals surface area contributed by atoms with Gasteiger partial charge in [0, 0.05) is 53.6 Å². The molecule has 214 valence electrons. The van der Waals surface area contributed by atoms with Gasteiger partial charge in [0.1, 0.15) is 16.9 Å². The molecule has 9 nitrogen and oxygen atoms in total. The summed E-state index contributed by atoms with van der Waals surface area (Å²) < 4.78 is 28.5. The van der Waals surface area contributed by atoms with E-state index in [2.05, 4.69) is 25.1 Å². The Morgan fingerprint density at radius 2 is 1.88 bits per heavy atom. The average Bonchev–Trinajstić information content (AvgIpc) is 3.24. The Kier molecular flexibility index (Phi) is 6.02. The number of benzene rings is 2. The number of nitrogens with zero attached hydrogens (tertiary/aromatic N) is 5. The van der Waals surface area contributed by atoms with E-state index in [1.165, 1.54) is 12.8 Å². The maximum absolute atomic E-state index is 16.6. The van der Waals surface area contributed by atoms with Crippen LogP contribution in [-0.4, -0.2) is 71.3 Å². The Labute approximate surface area is 242 Å². The quantitative estimate of drug-likeness (QED) is 0.313. The Morgan fingerprint density at radius 3 is 2.63 bits per heavy atom. The van der Waals surface area contributed by atoms with Gasteiger partial charge in [-0.2, -0.15) is 15.0 Å². The summed E-state index contributed by atoms with van der Waals surface area (Å²) in [6.07, 6.45) is 7.03. The molecule has 2 aromatic carbocycles. The minimum Gasteiger partial charge on any atom is -0.463 e. The number of nitrogens with two attached hydrogens (primary N) is 1. The zero-order chi connectivity index (χ0) is 27.7. The predicted octanol–water partition coefficient (Wildman–Crippen LogP) is 5.01. The van der Waals surface area contributed by atoms with E-state index in [1.807, 2.05) is 0 Å². The number of nitrogen functional groups attached to an aromatic ring is 1. The lowest BCUT2D eigenvalue weighted by Gasteiger charge is -2.34. The molecule has 3 aliphatic heterocycles. The molecule has 4 aromatic rings. The number of aromatic nitrogens is 3. The topological polar surface area (TPSA) is 106 Å². The molecule has 2 bridgehead atoms. The second-order valence-electron chi connectivity index (χ2n) is 12.3. The lowest BCUT2D eigenvalue weighted by atomic mass is 10.0. The maximum Gasteiger partial charge on any atom is 0.319 e. The van der Waals surface area contributed by atoms with E-state index in [0.29, 0.717) is 46.6 Å². The number of halogens is 2. The van der Waals surface area contributed by atoms with E-state index in [4.69, 9.17) is 31.5 Å². The third-order valence-corrected chi connectivity index (χ3v) is 9.58. The average molecular weight is 578 g/mol. The van der Waals surface area contributed by atoms with Crippen LogP contribution in [0.25, 0.3) is 33.1 Å². The minimum atomic E-state index is -0.536. The molecular formula is C30H33ClFN7O2. The minimum absolute atomic E-state index is 0.0151. The summed E-state index contributed by atoms with van der Waals surface area (Å²) in [6.45, 7) is 5.46. The monoisotopic (exact) mass is 577 g/mol. The number of hydrogen-bond acceptors (Lipinski definition) is 9. The highest BCUT2D eigenvalue weighted by Gasteiger charge is 2.45. The van der Waals surface area contributed by atoms with E-state index < -0.39 is 5.82 Å². The lowest BCUT2D eigenvalue weighted by molar-refractivity contribution is 0.170. The number of piperazine rings is 1.